The van der Waals surface area contributed by atoms with Gasteiger partial charge in [-0.25, -0.2) is 0 Å². The Morgan fingerprint density at radius 2 is 2.15 bits per heavy atom. The van der Waals surface area contributed by atoms with E-state index in [4.69, 9.17) is 21.1 Å². The molecule has 1 fully saturated rings. The van der Waals surface area contributed by atoms with Crippen LogP contribution in [-0.2, 0) is 5.88 Å². The van der Waals surface area contributed by atoms with Crippen LogP contribution in [0, 0.1) is 5.92 Å². The van der Waals surface area contributed by atoms with Crippen molar-refractivity contribution in [3.05, 3.63) is 22.2 Å². The largest absolute Gasteiger partial charge is 0.493 e. The Morgan fingerprint density at radius 3 is 2.80 bits per heavy atom. The maximum absolute atomic E-state index is 6.22. The first-order valence-electron chi connectivity index (χ1n) is 7.27. The first-order chi connectivity index (χ1) is 9.67. The summed E-state index contributed by atoms with van der Waals surface area (Å²) in [6.07, 6.45) is 6.39. The summed E-state index contributed by atoms with van der Waals surface area (Å²) in [6, 6.07) is 3.96. The molecule has 1 aromatic rings. The van der Waals surface area contributed by atoms with Gasteiger partial charge in [-0.1, -0.05) is 19.8 Å². The van der Waals surface area contributed by atoms with Crippen LogP contribution in [0.25, 0.3) is 0 Å². The summed E-state index contributed by atoms with van der Waals surface area (Å²) in [4.78, 5) is 0. The highest BCUT2D eigenvalue weighted by Gasteiger charge is 2.24. The summed E-state index contributed by atoms with van der Waals surface area (Å²) >= 11 is 9.47. The topological polar surface area (TPSA) is 18.5 Å². The van der Waals surface area contributed by atoms with Crippen molar-refractivity contribution in [2.24, 2.45) is 5.92 Å². The van der Waals surface area contributed by atoms with Crippen LogP contribution in [0.4, 0.5) is 0 Å². The number of benzene rings is 1. The highest BCUT2D eigenvalue weighted by Crippen LogP contribution is 2.40. The highest BCUT2D eigenvalue weighted by molar-refractivity contribution is 9.10. The van der Waals surface area contributed by atoms with Crippen molar-refractivity contribution in [3.8, 4) is 11.5 Å². The van der Waals surface area contributed by atoms with E-state index < -0.39 is 0 Å². The lowest BCUT2D eigenvalue weighted by Gasteiger charge is -2.29. The smallest absolute Gasteiger partial charge is 0.175 e. The number of alkyl halides is 1. The van der Waals surface area contributed by atoms with Crippen molar-refractivity contribution in [3.63, 3.8) is 0 Å². The predicted molar refractivity (Wildman–Crippen MR) is 86.9 cm³/mol. The second kappa shape index (κ2) is 7.56. The van der Waals surface area contributed by atoms with E-state index in [9.17, 15) is 0 Å². The van der Waals surface area contributed by atoms with Gasteiger partial charge in [-0.05, 0) is 58.8 Å². The zero-order valence-electron chi connectivity index (χ0n) is 12.1. The molecule has 1 aliphatic carbocycles. The molecule has 1 aromatic carbocycles. The Morgan fingerprint density at radius 1 is 1.35 bits per heavy atom. The molecule has 2 unspecified atom stereocenters. The molecule has 4 heteroatoms. The van der Waals surface area contributed by atoms with Crippen LogP contribution in [-0.4, -0.2) is 13.2 Å². The van der Waals surface area contributed by atoms with E-state index in [0.29, 0.717) is 12.0 Å². The molecule has 0 bridgehead atoms. The van der Waals surface area contributed by atoms with E-state index in [1.54, 1.807) is 7.11 Å². The average Bonchev–Trinajstić information content (AvgIpc) is 2.49. The standard InChI is InChI=1S/C16H22BrClO2/c1-3-11-5-4-6-13(7-11)20-16-14(17)8-12(10-18)9-15(16)19-2/h8-9,11,13H,3-7,10H2,1-2H3. The van der Waals surface area contributed by atoms with E-state index in [2.05, 4.69) is 22.9 Å². The number of hydrogen-bond acceptors (Lipinski definition) is 2. The van der Waals surface area contributed by atoms with E-state index in [-0.39, 0.29) is 0 Å². The molecule has 1 aliphatic rings. The van der Waals surface area contributed by atoms with Gasteiger partial charge in [0.25, 0.3) is 0 Å². The normalized spacial score (nSPS) is 22.6. The molecule has 2 atom stereocenters. The van der Waals surface area contributed by atoms with Crippen LogP contribution < -0.4 is 9.47 Å². The molecule has 0 spiro atoms. The summed E-state index contributed by atoms with van der Waals surface area (Å²) in [5.74, 6) is 2.83. The summed E-state index contributed by atoms with van der Waals surface area (Å²) in [5.41, 5.74) is 1.03. The van der Waals surface area contributed by atoms with Crippen molar-refractivity contribution in [2.75, 3.05) is 7.11 Å². The van der Waals surface area contributed by atoms with Crippen molar-refractivity contribution in [2.45, 2.75) is 51.0 Å². The molecule has 2 nitrogen and oxygen atoms in total. The Balaban J connectivity index is 2.15. The van der Waals surface area contributed by atoms with Gasteiger partial charge in [-0.3, -0.25) is 0 Å². The van der Waals surface area contributed by atoms with Crippen LogP contribution in [0.2, 0.25) is 0 Å². The third kappa shape index (κ3) is 3.82. The van der Waals surface area contributed by atoms with E-state index in [1.165, 1.54) is 19.3 Å². The third-order valence-electron chi connectivity index (χ3n) is 4.04. The Kier molecular flexibility index (Phi) is 6.03. The minimum Gasteiger partial charge on any atom is -0.493 e. The maximum atomic E-state index is 6.22. The van der Waals surface area contributed by atoms with Gasteiger partial charge in [0.15, 0.2) is 11.5 Å². The second-order valence-electron chi connectivity index (χ2n) is 5.42. The van der Waals surface area contributed by atoms with Gasteiger partial charge in [0, 0.05) is 5.88 Å². The molecule has 0 saturated heterocycles. The molecule has 20 heavy (non-hydrogen) atoms. The molecular weight excluding hydrogens is 340 g/mol. The molecule has 0 N–H and O–H groups in total. The fourth-order valence-corrected chi connectivity index (χ4v) is 3.59. The number of halogens is 2. The van der Waals surface area contributed by atoms with Gasteiger partial charge in [0.1, 0.15) is 0 Å². The number of rotatable bonds is 5. The second-order valence-corrected chi connectivity index (χ2v) is 6.54. The van der Waals surface area contributed by atoms with Gasteiger partial charge >= 0.3 is 0 Å². The van der Waals surface area contributed by atoms with Gasteiger partial charge in [0.2, 0.25) is 0 Å². The minimum atomic E-state index is 0.292. The lowest BCUT2D eigenvalue weighted by Crippen LogP contribution is -2.25. The first kappa shape index (κ1) is 16.0. The fourth-order valence-electron chi connectivity index (χ4n) is 2.85. The van der Waals surface area contributed by atoms with Gasteiger partial charge in [0.05, 0.1) is 17.7 Å². The SMILES string of the molecule is CCC1CCCC(Oc2c(Br)cc(CCl)cc2OC)C1. The lowest BCUT2D eigenvalue weighted by molar-refractivity contribution is 0.117. The van der Waals surface area contributed by atoms with Crippen LogP contribution in [0.3, 0.4) is 0 Å². The minimum absolute atomic E-state index is 0.292. The molecule has 0 radical (unpaired) electrons. The zero-order valence-corrected chi connectivity index (χ0v) is 14.5. The van der Waals surface area contributed by atoms with Gasteiger partial charge in [-0.2, -0.15) is 0 Å². The Bertz CT molecular complexity index is 450. The third-order valence-corrected chi connectivity index (χ3v) is 4.94. The quantitative estimate of drug-likeness (QED) is 0.641. The van der Waals surface area contributed by atoms with Crippen molar-refractivity contribution in [1.82, 2.24) is 0 Å². The van der Waals surface area contributed by atoms with E-state index in [1.807, 2.05) is 12.1 Å². The molecule has 112 valence electrons. The molecule has 0 heterocycles. The van der Waals surface area contributed by atoms with Crippen LogP contribution in [0.1, 0.15) is 44.6 Å². The van der Waals surface area contributed by atoms with Crippen LogP contribution in [0.5, 0.6) is 11.5 Å². The van der Waals surface area contributed by atoms with Crippen LogP contribution >= 0.6 is 27.5 Å². The van der Waals surface area contributed by atoms with E-state index >= 15 is 0 Å². The molecule has 0 amide bonds. The first-order valence-corrected chi connectivity index (χ1v) is 8.59. The highest BCUT2D eigenvalue weighted by atomic mass is 79.9. The van der Waals surface area contributed by atoms with E-state index in [0.717, 1.165) is 40.3 Å². The lowest BCUT2D eigenvalue weighted by atomic mass is 9.85. The fraction of sp³-hybridized carbons (Fsp3) is 0.625. The number of hydrogen-bond donors (Lipinski definition) is 0. The van der Waals surface area contributed by atoms with Crippen molar-refractivity contribution < 1.29 is 9.47 Å². The monoisotopic (exact) mass is 360 g/mol. The van der Waals surface area contributed by atoms with Gasteiger partial charge < -0.3 is 9.47 Å². The number of ether oxygens (including phenoxy) is 2. The summed E-state index contributed by atoms with van der Waals surface area (Å²) in [6.45, 7) is 2.26. The molecule has 2 rings (SSSR count). The predicted octanol–water partition coefficient (Wildman–Crippen LogP) is 5.54. The number of methoxy groups -OCH3 is 1. The summed E-state index contributed by atoms with van der Waals surface area (Å²) in [5, 5.41) is 0. The van der Waals surface area contributed by atoms with Gasteiger partial charge in [-0.15, -0.1) is 11.6 Å². The molecule has 0 aromatic heterocycles. The summed E-state index contributed by atoms with van der Waals surface area (Å²) in [7, 11) is 1.67. The molecule has 0 aliphatic heterocycles. The van der Waals surface area contributed by atoms with Crippen LogP contribution in [0.15, 0.2) is 16.6 Å². The zero-order chi connectivity index (χ0) is 14.5. The summed E-state index contributed by atoms with van der Waals surface area (Å²) < 4.78 is 12.6. The Hall–Kier alpha value is -0.410. The molecule has 1 saturated carbocycles. The average molecular weight is 362 g/mol. The molecular formula is C16H22BrClO2. The van der Waals surface area contributed by atoms with Crippen molar-refractivity contribution in [1.29, 1.82) is 0 Å². The van der Waals surface area contributed by atoms with Crippen molar-refractivity contribution >= 4 is 27.5 Å². The Labute approximate surface area is 134 Å². The maximum Gasteiger partial charge on any atom is 0.175 e.